The van der Waals surface area contributed by atoms with Crippen molar-refractivity contribution in [2.75, 3.05) is 13.2 Å². The van der Waals surface area contributed by atoms with E-state index in [1.54, 1.807) is 0 Å². The Bertz CT molecular complexity index is 499. The second-order valence-electron chi connectivity index (χ2n) is 5.61. The summed E-state index contributed by atoms with van der Waals surface area (Å²) in [5.74, 6) is 0.962. The molecule has 0 atom stereocenters. The van der Waals surface area contributed by atoms with Crippen molar-refractivity contribution in [2.24, 2.45) is 5.73 Å². The summed E-state index contributed by atoms with van der Waals surface area (Å²) in [6.45, 7) is 0.820. The third kappa shape index (κ3) is 2.35. The molecule has 1 fully saturated rings. The van der Waals surface area contributed by atoms with Crippen LogP contribution in [0.1, 0.15) is 49.7 Å². The molecule has 0 radical (unpaired) electrons. The lowest BCUT2D eigenvalue weighted by Gasteiger charge is -2.36. The van der Waals surface area contributed by atoms with Crippen LogP contribution in [0.2, 0.25) is 0 Å². The van der Waals surface area contributed by atoms with E-state index in [-0.39, 0.29) is 5.56 Å². The maximum Gasteiger partial charge on any atom is 0.263 e. The normalized spacial score (nSPS) is 21.0. The van der Waals surface area contributed by atoms with Gasteiger partial charge in [-0.1, -0.05) is 19.3 Å². The molecule has 5 heteroatoms. The lowest BCUT2D eigenvalue weighted by Crippen LogP contribution is -2.39. The molecule has 1 aromatic carbocycles. The smallest absolute Gasteiger partial charge is 0.263 e. The molecular weight excluding hydrogens is 264 g/mol. The van der Waals surface area contributed by atoms with Gasteiger partial charge in [-0.3, -0.25) is 0 Å². The van der Waals surface area contributed by atoms with Gasteiger partial charge in [0.1, 0.15) is 13.2 Å². The van der Waals surface area contributed by atoms with Gasteiger partial charge in [-0.15, -0.1) is 0 Å². The van der Waals surface area contributed by atoms with Crippen LogP contribution in [0, 0.1) is 0 Å². The Balaban J connectivity index is 2.09. The van der Waals surface area contributed by atoms with Gasteiger partial charge in [-0.2, -0.15) is 0 Å². The predicted molar refractivity (Wildman–Crippen MR) is 71.3 cm³/mol. The second-order valence-corrected chi connectivity index (χ2v) is 5.61. The summed E-state index contributed by atoms with van der Waals surface area (Å²) in [6.07, 6.45) is 2.26. The SMILES string of the molecule is NC1(c2cc(C(F)F)cc3c2OCCO3)CCCCC1. The minimum atomic E-state index is -2.53. The molecular formula is C15H19F2NO2. The minimum absolute atomic E-state index is 0.0420. The minimum Gasteiger partial charge on any atom is -0.486 e. The molecule has 1 heterocycles. The zero-order valence-corrected chi connectivity index (χ0v) is 11.3. The predicted octanol–water partition coefficient (Wildman–Crippen LogP) is 3.51. The molecule has 0 amide bonds. The van der Waals surface area contributed by atoms with Crippen molar-refractivity contribution in [3.8, 4) is 11.5 Å². The quantitative estimate of drug-likeness (QED) is 0.903. The van der Waals surface area contributed by atoms with Crippen LogP contribution in [0.4, 0.5) is 8.78 Å². The lowest BCUT2D eigenvalue weighted by molar-refractivity contribution is 0.144. The number of ether oxygens (including phenoxy) is 2. The average Bonchev–Trinajstić information content (AvgIpc) is 2.46. The Hall–Kier alpha value is -1.36. The summed E-state index contributed by atoms with van der Waals surface area (Å²) >= 11 is 0. The number of halogens is 2. The van der Waals surface area contributed by atoms with Crippen molar-refractivity contribution in [1.82, 2.24) is 0 Å². The summed E-state index contributed by atoms with van der Waals surface area (Å²) in [7, 11) is 0. The number of hydrogen-bond acceptors (Lipinski definition) is 3. The Morgan fingerprint density at radius 3 is 2.45 bits per heavy atom. The molecule has 3 rings (SSSR count). The van der Waals surface area contributed by atoms with Gasteiger partial charge in [0.15, 0.2) is 11.5 Å². The fourth-order valence-corrected chi connectivity index (χ4v) is 3.12. The third-order valence-corrected chi connectivity index (χ3v) is 4.20. The van der Waals surface area contributed by atoms with Crippen molar-refractivity contribution >= 4 is 0 Å². The fourth-order valence-electron chi connectivity index (χ4n) is 3.12. The van der Waals surface area contributed by atoms with Crippen LogP contribution < -0.4 is 15.2 Å². The molecule has 0 bridgehead atoms. The van der Waals surface area contributed by atoms with Gasteiger partial charge in [0.2, 0.25) is 0 Å². The van der Waals surface area contributed by atoms with Crippen molar-refractivity contribution in [3.05, 3.63) is 23.3 Å². The standard InChI is InChI=1S/C15H19F2NO2/c16-14(17)10-8-11(15(18)4-2-1-3-5-15)13-12(9-10)19-6-7-20-13/h8-9,14H,1-7,18H2. The number of benzene rings is 1. The van der Waals surface area contributed by atoms with E-state index < -0.39 is 12.0 Å². The highest BCUT2D eigenvalue weighted by Gasteiger charge is 2.35. The third-order valence-electron chi connectivity index (χ3n) is 4.20. The van der Waals surface area contributed by atoms with E-state index in [4.69, 9.17) is 15.2 Å². The molecule has 0 saturated heterocycles. The molecule has 0 aromatic heterocycles. The van der Waals surface area contributed by atoms with Gasteiger partial charge in [-0.25, -0.2) is 8.78 Å². The molecule has 1 saturated carbocycles. The first-order chi connectivity index (χ1) is 9.60. The molecule has 1 aromatic rings. The summed E-state index contributed by atoms with van der Waals surface area (Å²) in [6, 6.07) is 2.87. The largest absolute Gasteiger partial charge is 0.486 e. The maximum absolute atomic E-state index is 13.1. The molecule has 2 N–H and O–H groups in total. The van der Waals surface area contributed by atoms with Crippen LogP contribution in [0.3, 0.4) is 0 Å². The monoisotopic (exact) mass is 283 g/mol. The van der Waals surface area contributed by atoms with Gasteiger partial charge in [0, 0.05) is 16.7 Å². The lowest BCUT2D eigenvalue weighted by atomic mass is 9.76. The van der Waals surface area contributed by atoms with Crippen LogP contribution in [-0.4, -0.2) is 13.2 Å². The molecule has 1 aliphatic heterocycles. The molecule has 0 spiro atoms. The van der Waals surface area contributed by atoms with E-state index in [1.165, 1.54) is 12.1 Å². The average molecular weight is 283 g/mol. The van der Waals surface area contributed by atoms with E-state index in [0.717, 1.165) is 32.1 Å². The van der Waals surface area contributed by atoms with Gasteiger partial charge in [0.25, 0.3) is 6.43 Å². The van der Waals surface area contributed by atoms with Gasteiger partial charge < -0.3 is 15.2 Å². The number of nitrogens with two attached hydrogens (primary N) is 1. The maximum atomic E-state index is 13.1. The van der Waals surface area contributed by atoms with E-state index >= 15 is 0 Å². The summed E-state index contributed by atoms with van der Waals surface area (Å²) < 4.78 is 37.3. The molecule has 110 valence electrons. The molecule has 20 heavy (non-hydrogen) atoms. The molecule has 0 unspecified atom stereocenters. The van der Waals surface area contributed by atoms with Gasteiger partial charge in [-0.05, 0) is 25.0 Å². The van der Waals surface area contributed by atoms with Crippen molar-refractivity contribution < 1.29 is 18.3 Å². The Kier molecular flexibility index (Phi) is 3.54. The first kappa shape index (κ1) is 13.6. The van der Waals surface area contributed by atoms with Gasteiger partial charge in [0.05, 0.1) is 0 Å². The number of rotatable bonds is 2. The van der Waals surface area contributed by atoms with Crippen LogP contribution in [0.25, 0.3) is 0 Å². The topological polar surface area (TPSA) is 44.5 Å². The molecule has 3 nitrogen and oxygen atoms in total. The van der Waals surface area contributed by atoms with Crippen LogP contribution in [0.5, 0.6) is 11.5 Å². The Labute approximate surface area is 117 Å². The highest BCUT2D eigenvalue weighted by molar-refractivity contribution is 5.53. The Morgan fingerprint density at radius 2 is 1.75 bits per heavy atom. The summed E-state index contributed by atoms with van der Waals surface area (Å²) in [5.41, 5.74) is 6.56. The number of fused-ring (bicyclic) bond motifs is 1. The van der Waals surface area contributed by atoms with Crippen molar-refractivity contribution in [3.63, 3.8) is 0 Å². The second kappa shape index (κ2) is 5.20. The van der Waals surface area contributed by atoms with E-state index in [9.17, 15) is 8.78 Å². The van der Waals surface area contributed by atoms with E-state index in [1.807, 2.05) is 0 Å². The Morgan fingerprint density at radius 1 is 1.05 bits per heavy atom. The first-order valence-electron chi connectivity index (χ1n) is 7.11. The molecule has 1 aliphatic carbocycles. The fraction of sp³-hybridized carbons (Fsp3) is 0.600. The van der Waals surface area contributed by atoms with Crippen LogP contribution in [-0.2, 0) is 5.54 Å². The van der Waals surface area contributed by atoms with E-state index in [0.29, 0.717) is 30.3 Å². The number of hydrogen-bond donors (Lipinski definition) is 1. The summed E-state index contributed by atoms with van der Waals surface area (Å²) in [5, 5.41) is 0. The zero-order valence-electron chi connectivity index (χ0n) is 11.3. The number of alkyl halides is 2. The first-order valence-corrected chi connectivity index (χ1v) is 7.11. The summed E-state index contributed by atoms with van der Waals surface area (Å²) in [4.78, 5) is 0. The van der Waals surface area contributed by atoms with E-state index in [2.05, 4.69) is 0 Å². The van der Waals surface area contributed by atoms with Crippen molar-refractivity contribution in [1.29, 1.82) is 0 Å². The van der Waals surface area contributed by atoms with Crippen molar-refractivity contribution in [2.45, 2.75) is 44.1 Å². The molecule has 2 aliphatic rings. The zero-order chi connectivity index (χ0) is 14.2. The highest BCUT2D eigenvalue weighted by atomic mass is 19.3. The van der Waals surface area contributed by atoms with Crippen LogP contribution in [0.15, 0.2) is 12.1 Å². The van der Waals surface area contributed by atoms with Gasteiger partial charge >= 0.3 is 0 Å². The van der Waals surface area contributed by atoms with Crippen LogP contribution >= 0.6 is 0 Å². The highest BCUT2D eigenvalue weighted by Crippen LogP contribution is 2.46.